The number of hydrogen-bond acceptors (Lipinski definition) is 8. The molecule has 0 saturated heterocycles. The van der Waals surface area contributed by atoms with E-state index in [9.17, 15) is 29.7 Å². The van der Waals surface area contributed by atoms with E-state index in [1.54, 1.807) is 6.92 Å². The van der Waals surface area contributed by atoms with Crippen LogP contribution in [0, 0.1) is 0 Å². The number of carbonyl (C=O) groups is 2. The summed E-state index contributed by atoms with van der Waals surface area (Å²) >= 11 is 0. The molecule has 4 N–H and O–H groups in total. The van der Waals surface area contributed by atoms with Crippen molar-refractivity contribution in [2.45, 2.75) is 46.5 Å². The minimum atomic E-state index is -1.39. The minimum absolute atomic E-state index is 0.00890. The Hall–Kier alpha value is -3.49. The molecule has 0 atom stereocenters. The molecule has 0 amide bonds. The van der Waals surface area contributed by atoms with Crippen LogP contribution in [-0.4, -0.2) is 45.6 Å². The lowest BCUT2D eigenvalue weighted by molar-refractivity contribution is -0.143. The molecular formula is C22H28O9. The Morgan fingerprint density at radius 1 is 0.935 bits per heavy atom. The van der Waals surface area contributed by atoms with Crippen molar-refractivity contribution >= 4 is 22.7 Å². The van der Waals surface area contributed by atoms with Gasteiger partial charge in [0, 0.05) is 12.5 Å². The third-order valence-corrected chi connectivity index (χ3v) is 4.17. The van der Waals surface area contributed by atoms with Crippen LogP contribution in [0.5, 0.6) is 23.0 Å². The highest BCUT2D eigenvalue weighted by Crippen LogP contribution is 2.44. The zero-order chi connectivity index (χ0) is 23.6. The van der Waals surface area contributed by atoms with Gasteiger partial charge >= 0.3 is 11.9 Å². The Morgan fingerprint density at radius 3 is 2.23 bits per heavy atom. The highest BCUT2D eigenvalue weighted by molar-refractivity contribution is 6.00. The molecule has 0 unspecified atom stereocenters. The molecule has 2 aromatic rings. The number of fused-ring (bicyclic) bond motifs is 1. The van der Waals surface area contributed by atoms with Crippen molar-refractivity contribution in [1.29, 1.82) is 0 Å². The smallest absolute Gasteiger partial charge is 0.335 e. The number of phenolic OH excluding ortho intramolecular Hbond substituents is 2. The monoisotopic (exact) mass is 436 g/mol. The molecule has 9 heteroatoms. The molecule has 0 spiro atoms. The Morgan fingerprint density at radius 2 is 1.61 bits per heavy atom. The summed E-state index contributed by atoms with van der Waals surface area (Å²) in [5.74, 6) is -4.15. The van der Waals surface area contributed by atoms with Gasteiger partial charge in [-0.3, -0.25) is 9.59 Å². The normalized spacial score (nSPS) is 10.2. The van der Waals surface area contributed by atoms with E-state index in [1.165, 1.54) is 6.07 Å². The number of carbonyl (C=O) groups excluding carboxylic acids is 1. The van der Waals surface area contributed by atoms with E-state index in [-0.39, 0.29) is 29.1 Å². The van der Waals surface area contributed by atoms with E-state index >= 15 is 0 Å². The van der Waals surface area contributed by atoms with Crippen molar-refractivity contribution in [2.75, 3.05) is 13.2 Å². The van der Waals surface area contributed by atoms with E-state index in [2.05, 4.69) is 0 Å². The zero-order valence-electron chi connectivity index (χ0n) is 17.8. The molecule has 2 rings (SSSR count). The van der Waals surface area contributed by atoms with E-state index in [1.807, 2.05) is 13.8 Å². The van der Waals surface area contributed by atoms with Crippen molar-refractivity contribution in [3.05, 3.63) is 34.0 Å². The summed E-state index contributed by atoms with van der Waals surface area (Å²) in [6.45, 7) is 6.22. The molecule has 0 aliphatic heterocycles. The van der Waals surface area contributed by atoms with Gasteiger partial charge in [0.2, 0.25) is 11.2 Å². The van der Waals surface area contributed by atoms with E-state index < -0.39 is 34.2 Å². The Kier molecular flexibility index (Phi) is 10.1. The van der Waals surface area contributed by atoms with Gasteiger partial charge < -0.3 is 29.9 Å². The number of phenols is 2. The maximum absolute atomic E-state index is 11.9. The molecule has 0 aliphatic rings. The fourth-order valence-corrected chi connectivity index (χ4v) is 2.76. The number of aromatic hydroxyl groups is 3. The van der Waals surface area contributed by atoms with Crippen molar-refractivity contribution in [3.63, 3.8) is 0 Å². The van der Waals surface area contributed by atoms with Gasteiger partial charge in [0.1, 0.15) is 0 Å². The number of rotatable bonds is 9. The summed E-state index contributed by atoms with van der Waals surface area (Å²) in [5, 5.41) is 39.2. The first-order valence-electron chi connectivity index (χ1n) is 10.0. The first kappa shape index (κ1) is 25.5. The Labute approximate surface area is 179 Å². The van der Waals surface area contributed by atoms with Gasteiger partial charge in [-0.05, 0) is 43.7 Å². The lowest BCUT2D eigenvalue weighted by atomic mass is 10.1. The lowest BCUT2D eigenvalue weighted by Crippen LogP contribution is -2.04. The molecule has 31 heavy (non-hydrogen) atoms. The van der Waals surface area contributed by atoms with Crippen LogP contribution in [0.15, 0.2) is 23.0 Å². The number of ether oxygens (including phenoxy) is 2. The van der Waals surface area contributed by atoms with Crippen LogP contribution in [-0.2, 0) is 9.53 Å². The fraction of sp³-hybridized carbons (Fsp3) is 0.409. The second-order valence-corrected chi connectivity index (χ2v) is 6.26. The minimum Gasteiger partial charge on any atom is -0.504 e. The molecule has 2 aromatic carbocycles. The molecule has 0 saturated carbocycles. The van der Waals surface area contributed by atoms with Crippen LogP contribution in [0.4, 0.5) is 0 Å². The summed E-state index contributed by atoms with van der Waals surface area (Å²) in [4.78, 5) is 34.4. The highest BCUT2D eigenvalue weighted by atomic mass is 16.5. The third-order valence-electron chi connectivity index (χ3n) is 4.17. The second kappa shape index (κ2) is 12.3. The molecule has 0 bridgehead atoms. The molecule has 0 heterocycles. The number of hydrogen-bond donors (Lipinski definition) is 4. The summed E-state index contributed by atoms with van der Waals surface area (Å²) in [6.07, 6.45) is 2.12. The van der Waals surface area contributed by atoms with E-state index in [0.717, 1.165) is 12.1 Å². The van der Waals surface area contributed by atoms with Crippen LogP contribution >= 0.6 is 0 Å². The average molecular weight is 436 g/mol. The predicted octanol–water partition coefficient (Wildman–Crippen LogP) is 3.54. The van der Waals surface area contributed by atoms with Gasteiger partial charge in [0.05, 0.1) is 24.2 Å². The Bertz CT molecular complexity index is 983. The van der Waals surface area contributed by atoms with Crippen LogP contribution in [0.3, 0.4) is 0 Å². The van der Waals surface area contributed by atoms with Gasteiger partial charge in [-0.25, -0.2) is 4.79 Å². The first-order valence-corrected chi connectivity index (χ1v) is 10.0. The van der Waals surface area contributed by atoms with E-state index in [0.29, 0.717) is 32.3 Å². The maximum Gasteiger partial charge on any atom is 0.335 e. The largest absolute Gasteiger partial charge is 0.504 e. The maximum atomic E-state index is 11.9. The second-order valence-electron chi connectivity index (χ2n) is 6.26. The van der Waals surface area contributed by atoms with Crippen LogP contribution in [0.1, 0.15) is 56.8 Å². The predicted molar refractivity (Wildman–Crippen MR) is 114 cm³/mol. The molecule has 9 nitrogen and oxygen atoms in total. The number of carboxylic acid groups (broad SMARTS) is 1. The highest BCUT2D eigenvalue weighted by Gasteiger charge is 2.19. The van der Waals surface area contributed by atoms with Gasteiger partial charge in [0.25, 0.3) is 0 Å². The van der Waals surface area contributed by atoms with Crippen molar-refractivity contribution in [2.24, 2.45) is 0 Å². The SMILES string of the molecule is CC.CCOC(=O)CCCCCOc1cc2cc(C(=O)O)cc(=O)c(O)c2c(O)c1O. The van der Waals surface area contributed by atoms with E-state index in [4.69, 9.17) is 14.6 Å². The zero-order valence-corrected chi connectivity index (χ0v) is 17.8. The van der Waals surface area contributed by atoms with Crippen LogP contribution < -0.4 is 10.2 Å². The van der Waals surface area contributed by atoms with Gasteiger partial charge in [-0.1, -0.05) is 13.8 Å². The molecule has 0 fully saturated rings. The van der Waals surface area contributed by atoms with Crippen molar-refractivity contribution < 1.29 is 39.5 Å². The number of benzene rings is 1. The first-order chi connectivity index (χ1) is 14.8. The number of carboxylic acids is 1. The summed E-state index contributed by atoms with van der Waals surface area (Å²) in [7, 11) is 0. The summed E-state index contributed by atoms with van der Waals surface area (Å²) < 4.78 is 10.3. The molecular weight excluding hydrogens is 408 g/mol. The van der Waals surface area contributed by atoms with Gasteiger partial charge in [0.15, 0.2) is 17.2 Å². The van der Waals surface area contributed by atoms with Crippen molar-refractivity contribution in [3.8, 4) is 23.0 Å². The number of unbranched alkanes of at least 4 members (excludes halogenated alkanes) is 2. The summed E-state index contributed by atoms with van der Waals surface area (Å²) in [6, 6.07) is 3.04. The number of aromatic carboxylic acids is 1. The quantitative estimate of drug-likeness (QED) is 0.263. The lowest BCUT2D eigenvalue weighted by Gasteiger charge is -2.11. The summed E-state index contributed by atoms with van der Waals surface area (Å²) in [5.41, 5.74) is -1.40. The average Bonchev–Trinajstić information content (AvgIpc) is 2.86. The topological polar surface area (TPSA) is 151 Å². The third kappa shape index (κ3) is 6.77. The Balaban J connectivity index is 0.00000233. The molecule has 170 valence electrons. The van der Waals surface area contributed by atoms with Crippen LogP contribution in [0.25, 0.3) is 10.8 Å². The molecule has 0 radical (unpaired) electrons. The van der Waals surface area contributed by atoms with Crippen molar-refractivity contribution in [1.82, 2.24) is 0 Å². The molecule has 0 aromatic heterocycles. The number of esters is 1. The van der Waals surface area contributed by atoms with Crippen LogP contribution in [0.2, 0.25) is 0 Å². The van der Waals surface area contributed by atoms with Gasteiger partial charge in [-0.2, -0.15) is 0 Å². The standard InChI is InChI=1S/C20H22O9.C2H6/c1-2-28-15(22)6-4-3-5-7-29-14-10-11-8-12(20(26)27)9-13(21)17(23)16(11)19(25)18(14)24;1-2/h8-10,24-25H,2-7H2,1H3,(H,21,23)(H,26,27);1-2H3. The van der Waals surface area contributed by atoms with Gasteiger partial charge in [-0.15, -0.1) is 0 Å². The fourth-order valence-electron chi connectivity index (χ4n) is 2.76. The molecule has 0 aliphatic carbocycles.